The van der Waals surface area contributed by atoms with Crippen LogP contribution in [0.4, 0.5) is 10.5 Å². The van der Waals surface area contributed by atoms with Crippen LogP contribution in [0.1, 0.15) is 25.7 Å². The number of likely N-dealkylation sites (tertiary alicyclic amines) is 2. The quantitative estimate of drug-likeness (QED) is 0.826. The van der Waals surface area contributed by atoms with Crippen molar-refractivity contribution in [2.24, 2.45) is 5.92 Å². The predicted molar refractivity (Wildman–Crippen MR) is 105 cm³/mol. The molecule has 1 aromatic rings. The lowest BCUT2D eigenvalue weighted by atomic mass is 9.96. The van der Waals surface area contributed by atoms with E-state index in [1.165, 1.54) is 32.5 Å². The Balaban J connectivity index is 1.56. The highest BCUT2D eigenvalue weighted by Crippen LogP contribution is 2.40. The predicted octanol–water partition coefficient (Wildman–Crippen LogP) is 3.05. The van der Waals surface area contributed by atoms with E-state index in [4.69, 9.17) is 14.2 Å². The summed E-state index contributed by atoms with van der Waals surface area (Å²) < 4.78 is 16.0. The number of hydrogen-bond donors (Lipinski definition) is 1. The van der Waals surface area contributed by atoms with E-state index in [1.807, 2.05) is 4.90 Å². The number of nitrogens with zero attached hydrogens (tertiary/aromatic N) is 2. The number of carbonyl (C=O) groups excluding carboxylic acids is 1. The normalized spacial score (nSPS) is 18.4. The number of anilines is 1. The number of nitrogens with one attached hydrogen (secondary N) is 1. The van der Waals surface area contributed by atoms with E-state index in [9.17, 15) is 4.79 Å². The highest BCUT2D eigenvalue weighted by Gasteiger charge is 2.25. The maximum atomic E-state index is 12.7. The van der Waals surface area contributed by atoms with Crippen molar-refractivity contribution in [3.05, 3.63) is 12.1 Å². The lowest BCUT2D eigenvalue weighted by Gasteiger charge is -2.33. The Labute approximate surface area is 161 Å². The molecule has 1 aromatic carbocycles. The summed E-state index contributed by atoms with van der Waals surface area (Å²) in [4.78, 5) is 17.1. The summed E-state index contributed by atoms with van der Waals surface area (Å²) in [6.07, 6.45) is 4.80. The molecule has 3 rings (SSSR count). The molecule has 0 bridgehead atoms. The Kier molecular flexibility index (Phi) is 6.66. The first-order valence-electron chi connectivity index (χ1n) is 9.73. The smallest absolute Gasteiger partial charge is 0.321 e. The summed E-state index contributed by atoms with van der Waals surface area (Å²) in [6, 6.07) is 3.42. The average molecular weight is 377 g/mol. The number of benzene rings is 1. The molecule has 0 radical (unpaired) electrons. The molecule has 7 nitrogen and oxygen atoms in total. The standard InChI is InChI=1S/C20H31N3O4/c1-25-17-12-16(13-18(26-2)19(17)27-3)21-20(24)23-10-6-15(7-11-23)14-22-8-4-5-9-22/h12-13,15H,4-11,14H2,1-3H3,(H,21,24). The Morgan fingerprint density at radius 1 is 1.00 bits per heavy atom. The second-order valence-electron chi connectivity index (χ2n) is 7.28. The Hall–Kier alpha value is -2.15. The van der Waals surface area contributed by atoms with Crippen molar-refractivity contribution < 1.29 is 19.0 Å². The van der Waals surface area contributed by atoms with Crippen molar-refractivity contribution in [1.82, 2.24) is 9.80 Å². The molecule has 2 aliphatic heterocycles. The SMILES string of the molecule is COc1cc(NC(=O)N2CCC(CN3CCCC3)CC2)cc(OC)c1OC. The highest BCUT2D eigenvalue weighted by atomic mass is 16.5. The monoisotopic (exact) mass is 377 g/mol. The van der Waals surface area contributed by atoms with Gasteiger partial charge in [0, 0.05) is 31.8 Å². The topological polar surface area (TPSA) is 63.3 Å². The third-order valence-corrected chi connectivity index (χ3v) is 5.53. The van der Waals surface area contributed by atoms with Gasteiger partial charge in [0.2, 0.25) is 5.75 Å². The number of methoxy groups -OCH3 is 3. The van der Waals surface area contributed by atoms with Crippen LogP contribution in [0, 0.1) is 5.92 Å². The molecule has 0 unspecified atom stereocenters. The Morgan fingerprint density at radius 2 is 1.59 bits per heavy atom. The second-order valence-corrected chi connectivity index (χ2v) is 7.28. The fourth-order valence-corrected chi connectivity index (χ4v) is 4.00. The number of hydrogen-bond acceptors (Lipinski definition) is 5. The van der Waals surface area contributed by atoms with Gasteiger partial charge in [0.25, 0.3) is 0 Å². The third kappa shape index (κ3) is 4.77. The van der Waals surface area contributed by atoms with E-state index in [-0.39, 0.29) is 6.03 Å². The summed E-state index contributed by atoms with van der Waals surface area (Å²) in [6.45, 7) is 5.26. The molecule has 0 atom stereocenters. The van der Waals surface area contributed by atoms with Gasteiger partial charge in [0.05, 0.1) is 27.0 Å². The van der Waals surface area contributed by atoms with E-state index in [0.29, 0.717) is 28.9 Å². The van der Waals surface area contributed by atoms with E-state index < -0.39 is 0 Å². The fourth-order valence-electron chi connectivity index (χ4n) is 4.00. The van der Waals surface area contributed by atoms with E-state index in [0.717, 1.165) is 25.9 Å². The molecular formula is C20H31N3O4. The van der Waals surface area contributed by atoms with Gasteiger partial charge < -0.3 is 29.3 Å². The van der Waals surface area contributed by atoms with Crippen LogP contribution in [0.2, 0.25) is 0 Å². The first-order chi connectivity index (χ1) is 13.1. The minimum atomic E-state index is -0.0797. The molecule has 1 N–H and O–H groups in total. The summed E-state index contributed by atoms with van der Waals surface area (Å²) in [5.41, 5.74) is 0.633. The molecule has 2 heterocycles. The van der Waals surface area contributed by atoms with Crippen LogP contribution in [0.5, 0.6) is 17.2 Å². The maximum Gasteiger partial charge on any atom is 0.321 e. The van der Waals surface area contributed by atoms with Gasteiger partial charge in [-0.25, -0.2) is 4.79 Å². The molecular weight excluding hydrogens is 346 g/mol. The third-order valence-electron chi connectivity index (χ3n) is 5.53. The van der Waals surface area contributed by atoms with E-state index in [2.05, 4.69) is 10.2 Å². The molecule has 2 saturated heterocycles. The van der Waals surface area contributed by atoms with Gasteiger partial charge in [0.15, 0.2) is 11.5 Å². The lowest BCUT2D eigenvalue weighted by molar-refractivity contribution is 0.163. The summed E-state index contributed by atoms with van der Waals surface area (Å²) in [7, 11) is 4.69. The summed E-state index contributed by atoms with van der Waals surface area (Å²) in [5, 5.41) is 2.96. The molecule has 2 amide bonds. The van der Waals surface area contributed by atoms with Gasteiger partial charge in [-0.2, -0.15) is 0 Å². The molecule has 0 aromatic heterocycles. The van der Waals surface area contributed by atoms with Crippen molar-refractivity contribution in [2.45, 2.75) is 25.7 Å². The minimum absolute atomic E-state index is 0.0797. The van der Waals surface area contributed by atoms with Crippen molar-refractivity contribution in [3.8, 4) is 17.2 Å². The van der Waals surface area contributed by atoms with Crippen LogP contribution >= 0.6 is 0 Å². The molecule has 0 spiro atoms. The van der Waals surface area contributed by atoms with E-state index in [1.54, 1.807) is 33.5 Å². The van der Waals surface area contributed by atoms with Crippen molar-refractivity contribution in [2.75, 3.05) is 59.4 Å². The van der Waals surface area contributed by atoms with Crippen LogP contribution in [0.15, 0.2) is 12.1 Å². The molecule has 2 fully saturated rings. The van der Waals surface area contributed by atoms with Gasteiger partial charge in [0.1, 0.15) is 0 Å². The van der Waals surface area contributed by atoms with Crippen molar-refractivity contribution in [3.63, 3.8) is 0 Å². The molecule has 2 aliphatic rings. The van der Waals surface area contributed by atoms with E-state index >= 15 is 0 Å². The summed E-state index contributed by atoms with van der Waals surface area (Å²) in [5.74, 6) is 2.27. The zero-order chi connectivity index (χ0) is 19.2. The van der Waals surface area contributed by atoms with Gasteiger partial charge in [-0.05, 0) is 44.7 Å². The first-order valence-corrected chi connectivity index (χ1v) is 9.73. The van der Waals surface area contributed by atoms with Crippen LogP contribution in [0.25, 0.3) is 0 Å². The second kappa shape index (κ2) is 9.17. The average Bonchev–Trinajstić information content (AvgIpc) is 3.20. The van der Waals surface area contributed by atoms with Gasteiger partial charge >= 0.3 is 6.03 Å². The number of piperidine rings is 1. The zero-order valence-electron chi connectivity index (χ0n) is 16.6. The highest BCUT2D eigenvalue weighted by molar-refractivity contribution is 5.90. The summed E-state index contributed by atoms with van der Waals surface area (Å²) >= 11 is 0. The van der Waals surface area contributed by atoms with Gasteiger partial charge in [-0.3, -0.25) is 0 Å². The Morgan fingerprint density at radius 3 is 2.11 bits per heavy atom. The molecule has 0 saturated carbocycles. The Bertz CT molecular complexity index is 613. The lowest BCUT2D eigenvalue weighted by Crippen LogP contribution is -2.43. The molecule has 150 valence electrons. The molecule has 27 heavy (non-hydrogen) atoms. The number of rotatable bonds is 6. The van der Waals surface area contributed by atoms with Crippen LogP contribution in [0.3, 0.4) is 0 Å². The fraction of sp³-hybridized carbons (Fsp3) is 0.650. The first kappa shape index (κ1) is 19.6. The van der Waals surface area contributed by atoms with Crippen LogP contribution in [-0.2, 0) is 0 Å². The van der Waals surface area contributed by atoms with Crippen LogP contribution < -0.4 is 19.5 Å². The minimum Gasteiger partial charge on any atom is -0.493 e. The number of ether oxygens (including phenoxy) is 3. The maximum absolute atomic E-state index is 12.7. The zero-order valence-corrected chi connectivity index (χ0v) is 16.6. The molecule has 7 heteroatoms. The number of amides is 2. The number of urea groups is 1. The largest absolute Gasteiger partial charge is 0.493 e. The molecule has 0 aliphatic carbocycles. The van der Waals surface area contributed by atoms with Gasteiger partial charge in [-0.15, -0.1) is 0 Å². The van der Waals surface area contributed by atoms with Gasteiger partial charge in [-0.1, -0.05) is 0 Å². The number of carbonyl (C=O) groups is 1. The van der Waals surface area contributed by atoms with Crippen molar-refractivity contribution in [1.29, 1.82) is 0 Å². The van der Waals surface area contributed by atoms with Crippen molar-refractivity contribution >= 4 is 11.7 Å². The van der Waals surface area contributed by atoms with Crippen LogP contribution in [-0.4, -0.2) is 69.9 Å².